The monoisotopic (exact) mass is 127 g/mol. The predicted octanol–water partition coefficient (Wildman–Crippen LogP) is 0.121. The first kappa shape index (κ1) is 27.3. The fourth-order valence-corrected chi connectivity index (χ4v) is 0. The van der Waals surface area contributed by atoms with Gasteiger partial charge < -0.3 is 28.2 Å². The van der Waals surface area contributed by atoms with E-state index in [2.05, 4.69) is 5.73 Å². The second-order valence-electron chi connectivity index (χ2n) is 0.283. The Balaban J connectivity index is -0.0000000183. The van der Waals surface area contributed by atoms with Gasteiger partial charge in [-0.25, -0.2) is 4.79 Å². The van der Waals surface area contributed by atoms with Crippen LogP contribution in [0, 0.1) is 0 Å². The molecule has 0 bridgehead atoms. The largest absolute Gasteiger partial charge is 0.503 e. The lowest BCUT2D eigenvalue weighted by molar-refractivity contribution is 0.137. The van der Waals surface area contributed by atoms with Crippen molar-refractivity contribution in [3.05, 3.63) is 0 Å². The molecule has 6 nitrogen and oxygen atoms in total. The van der Waals surface area contributed by atoms with Crippen molar-refractivity contribution in [1.82, 2.24) is 12.3 Å². The second-order valence-corrected chi connectivity index (χ2v) is 0.283. The van der Waals surface area contributed by atoms with Crippen molar-refractivity contribution in [3.63, 3.8) is 0 Å². The molecule has 0 saturated carbocycles. The van der Waals surface area contributed by atoms with Crippen LogP contribution in [-0.2, 0) is 0 Å². The molecular weight excluding hydrogens is 114 g/mol. The first-order chi connectivity index (χ1) is 2.73. The molecule has 0 amide bonds. The second kappa shape index (κ2) is 35.3. The maximum Gasteiger partial charge on any atom is 0.503 e. The fraction of sp³-hybridized carbons (Fsp3) is 0.500. The molecule has 0 aromatic rings. The van der Waals surface area contributed by atoms with E-state index < -0.39 is 6.16 Å². The van der Waals surface area contributed by atoms with E-state index in [1.165, 1.54) is 7.05 Å². The topological polar surface area (TPSA) is 154 Å². The van der Waals surface area contributed by atoms with Crippen molar-refractivity contribution in [1.29, 1.82) is 0 Å². The summed E-state index contributed by atoms with van der Waals surface area (Å²) >= 11 is 0. The molecule has 0 aromatic heterocycles. The highest BCUT2D eigenvalue weighted by Crippen LogP contribution is 1.42. The Hall–Kier alpha value is -0.850. The quantitative estimate of drug-likeness (QED) is 0.311. The van der Waals surface area contributed by atoms with Gasteiger partial charge in [-0.2, -0.15) is 0 Å². The van der Waals surface area contributed by atoms with E-state index in [-0.39, 0.29) is 12.3 Å². The maximum absolute atomic E-state index is 8.56. The molecule has 0 spiro atoms. The van der Waals surface area contributed by atoms with Crippen LogP contribution >= 0.6 is 0 Å². The average molecular weight is 127 g/mol. The first-order valence-electron chi connectivity index (χ1n) is 1.23. The summed E-state index contributed by atoms with van der Waals surface area (Å²) in [7, 11) is 1.50. The van der Waals surface area contributed by atoms with Gasteiger partial charge in [-0.05, 0) is 7.05 Å². The molecule has 0 aromatic carbocycles. The molecule has 0 aliphatic rings. The SMILES string of the molecule is CN.N.N.O=C(O)O. The number of hydrogen-bond acceptors (Lipinski definition) is 4. The minimum Gasteiger partial charge on any atom is -0.450 e. The Morgan fingerprint density at radius 1 is 1.25 bits per heavy atom. The summed E-state index contributed by atoms with van der Waals surface area (Å²) in [5.41, 5.74) is 4.50. The highest BCUT2D eigenvalue weighted by Gasteiger charge is 1.70. The number of rotatable bonds is 0. The Morgan fingerprint density at radius 3 is 1.25 bits per heavy atom. The third kappa shape index (κ3) is 123. The normalized spacial score (nSPS) is 3.75. The van der Waals surface area contributed by atoms with Crippen LogP contribution in [0.2, 0.25) is 0 Å². The zero-order valence-electron chi connectivity index (χ0n) is 4.79. The van der Waals surface area contributed by atoms with Crippen molar-refractivity contribution in [2.24, 2.45) is 5.73 Å². The Morgan fingerprint density at radius 2 is 1.25 bits per heavy atom. The molecule has 10 N–H and O–H groups in total. The molecule has 0 aliphatic heterocycles. The van der Waals surface area contributed by atoms with Gasteiger partial charge in [0.15, 0.2) is 0 Å². The zero-order chi connectivity index (χ0) is 5.58. The summed E-state index contributed by atoms with van der Waals surface area (Å²) in [6.07, 6.45) is -1.83. The summed E-state index contributed by atoms with van der Waals surface area (Å²) in [5, 5.41) is 13.9. The van der Waals surface area contributed by atoms with E-state index in [0.29, 0.717) is 0 Å². The Kier molecular flexibility index (Phi) is 120. The molecule has 54 valence electrons. The van der Waals surface area contributed by atoms with Gasteiger partial charge in [-0.1, -0.05) is 0 Å². The van der Waals surface area contributed by atoms with Gasteiger partial charge in [0.2, 0.25) is 0 Å². The van der Waals surface area contributed by atoms with Gasteiger partial charge in [0.05, 0.1) is 0 Å². The summed E-state index contributed by atoms with van der Waals surface area (Å²) in [6, 6.07) is 0. The molecule has 0 unspecified atom stereocenters. The summed E-state index contributed by atoms with van der Waals surface area (Å²) in [4.78, 5) is 8.56. The van der Waals surface area contributed by atoms with Crippen molar-refractivity contribution in [3.8, 4) is 0 Å². The predicted molar refractivity (Wildman–Crippen MR) is 30.8 cm³/mol. The maximum atomic E-state index is 8.56. The molecule has 0 atom stereocenters. The minimum absolute atomic E-state index is 0. The number of hydrogen-bond donors (Lipinski definition) is 5. The highest BCUT2D eigenvalue weighted by molar-refractivity contribution is 5.53. The third-order valence-electron chi connectivity index (χ3n) is 0. The van der Waals surface area contributed by atoms with Gasteiger partial charge >= 0.3 is 6.16 Å². The van der Waals surface area contributed by atoms with E-state index in [1.54, 1.807) is 0 Å². The van der Waals surface area contributed by atoms with Crippen LogP contribution in [0.5, 0.6) is 0 Å². The lowest BCUT2D eigenvalue weighted by atomic mass is 11.5. The summed E-state index contributed by atoms with van der Waals surface area (Å²) in [5.74, 6) is 0. The molecule has 6 heteroatoms. The fourth-order valence-electron chi connectivity index (χ4n) is 0. The Labute approximate surface area is 47.5 Å². The van der Waals surface area contributed by atoms with Crippen LogP contribution in [0.25, 0.3) is 0 Å². The van der Waals surface area contributed by atoms with Gasteiger partial charge in [-0.15, -0.1) is 0 Å². The summed E-state index contributed by atoms with van der Waals surface area (Å²) in [6.45, 7) is 0. The molecule has 0 radical (unpaired) electrons. The minimum atomic E-state index is -1.83. The third-order valence-corrected chi connectivity index (χ3v) is 0. The van der Waals surface area contributed by atoms with Crippen LogP contribution in [0.4, 0.5) is 4.79 Å². The van der Waals surface area contributed by atoms with Crippen molar-refractivity contribution in [2.75, 3.05) is 7.05 Å². The number of nitrogens with two attached hydrogens (primary N) is 1. The lowest BCUT2D eigenvalue weighted by Crippen LogP contribution is -1.81. The summed E-state index contributed by atoms with van der Waals surface area (Å²) < 4.78 is 0. The molecular formula is C2H13N3O3. The van der Waals surface area contributed by atoms with Crippen LogP contribution in [0.3, 0.4) is 0 Å². The van der Waals surface area contributed by atoms with Crippen LogP contribution < -0.4 is 18.0 Å². The molecule has 0 saturated heterocycles. The van der Waals surface area contributed by atoms with Crippen molar-refractivity contribution in [2.45, 2.75) is 0 Å². The molecule has 0 fully saturated rings. The van der Waals surface area contributed by atoms with Crippen LogP contribution in [0.15, 0.2) is 0 Å². The molecule has 0 aliphatic carbocycles. The first-order valence-corrected chi connectivity index (χ1v) is 1.23. The molecule has 0 rings (SSSR count). The van der Waals surface area contributed by atoms with E-state index in [4.69, 9.17) is 15.0 Å². The Bertz CT molecular complexity index is 35.5. The van der Waals surface area contributed by atoms with Gasteiger partial charge in [-0.3, -0.25) is 0 Å². The zero-order valence-corrected chi connectivity index (χ0v) is 4.79. The number of carbonyl (C=O) groups is 1. The van der Waals surface area contributed by atoms with Gasteiger partial charge in [0.25, 0.3) is 0 Å². The van der Waals surface area contributed by atoms with E-state index in [0.717, 1.165) is 0 Å². The van der Waals surface area contributed by atoms with E-state index in [1.807, 2.05) is 0 Å². The smallest absolute Gasteiger partial charge is 0.450 e. The lowest BCUT2D eigenvalue weighted by Gasteiger charge is -1.60. The van der Waals surface area contributed by atoms with Crippen LogP contribution in [0.1, 0.15) is 0 Å². The highest BCUT2D eigenvalue weighted by atomic mass is 16.6. The number of carboxylic acid groups (broad SMARTS) is 2. The van der Waals surface area contributed by atoms with Crippen molar-refractivity contribution >= 4 is 6.16 Å². The average Bonchev–Trinajstić information content (AvgIpc) is 1.41. The van der Waals surface area contributed by atoms with E-state index in [9.17, 15) is 0 Å². The van der Waals surface area contributed by atoms with Crippen LogP contribution in [-0.4, -0.2) is 23.4 Å². The molecule has 0 heterocycles. The van der Waals surface area contributed by atoms with Gasteiger partial charge in [0.1, 0.15) is 0 Å². The standard InChI is InChI=1S/CH5N.CH2O3.2H3N/c1-2;2-1(3)4;;/h2H2,1H3;(H2,2,3,4);2*1H3. The van der Waals surface area contributed by atoms with E-state index >= 15 is 0 Å². The van der Waals surface area contributed by atoms with Crippen molar-refractivity contribution < 1.29 is 15.0 Å². The van der Waals surface area contributed by atoms with Gasteiger partial charge in [0, 0.05) is 0 Å². The molecule has 8 heavy (non-hydrogen) atoms.